The van der Waals surface area contributed by atoms with Gasteiger partial charge in [-0.2, -0.15) is 0 Å². The summed E-state index contributed by atoms with van der Waals surface area (Å²) in [6.45, 7) is 4.54. The van der Waals surface area contributed by atoms with Crippen LogP contribution in [-0.2, 0) is 11.9 Å². The molecule has 0 saturated heterocycles. The SMILES string of the molecule is Cc1cc(CBr)cc(C)c1OCc1ccc(F)cc1. The normalized spacial score (nSPS) is 10.5. The minimum atomic E-state index is -0.224. The fourth-order valence-electron chi connectivity index (χ4n) is 2.08. The summed E-state index contributed by atoms with van der Waals surface area (Å²) in [5.74, 6) is 0.687. The van der Waals surface area contributed by atoms with Crippen LogP contribution in [-0.4, -0.2) is 0 Å². The number of aryl methyl sites for hydroxylation is 2. The average Bonchev–Trinajstić information content (AvgIpc) is 2.39. The Morgan fingerprint density at radius 2 is 1.58 bits per heavy atom. The zero-order valence-corrected chi connectivity index (χ0v) is 12.6. The Morgan fingerprint density at radius 1 is 1.00 bits per heavy atom. The highest BCUT2D eigenvalue weighted by atomic mass is 79.9. The largest absolute Gasteiger partial charge is 0.488 e. The lowest BCUT2D eigenvalue weighted by molar-refractivity contribution is 0.301. The van der Waals surface area contributed by atoms with Crippen LogP contribution in [0.1, 0.15) is 22.3 Å². The summed E-state index contributed by atoms with van der Waals surface area (Å²) in [6, 6.07) is 10.6. The van der Waals surface area contributed by atoms with Crippen molar-refractivity contribution in [2.24, 2.45) is 0 Å². The van der Waals surface area contributed by atoms with Crippen molar-refractivity contribution in [1.82, 2.24) is 0 Å². The molecule has 2 rings (SSSR count). The highest BCUT2D eigenvalue weighted by Gasteiger charge is 2.06. The van der Waals surface area contributed by atoms with Crippen LogP contribution < -0.4 is 4.74 Å². The van der Waals surface area contributed by atoms with Gasteiger partial charge in [0, 0.05) is 5.33 Å². The lowest BCUT2D eigenvalue weighted by atomic mass is 10.1. The molecular weight excluding hydrogens is 307 g/mol. The third kappa shape index (κ3) is 3.57. The molecule has 0 bridgehead atoms. The molecule has 2 aromatic rings. The zero-order valence-electron chi connectivity index (χ0n) is 11.0. The Kier molecular flexibility index (Phi) is 4.59. The Hall–Kier alpha value is -1.35. The van der Waals surface area contributed by atoms with Crippen LogP contribution in [0.2, 0.25) is 0 Å². The molecule has 0 fully saturated rings. The summed E-state index contributed by atoms with van der Waals surface area (Å²) >= 11 is 3.46. The van der Waals surface area contributed by atoms with Gasteiger partial charge in [0.25, 0.3) is 0 Å². The van der Waals surface area contributed by atoms with E-state index in [4.69, 9.17) is 4.74 Å². The lowest BCUT2D eigenvalue weighted by Gasteiger charge is -2.13. The van der Waals surface area contributed by atoms with E-state index in [-0.39, 0.29) is 5.82 Å². The summed E-state index contributed by atoms with van der Waals surface area (Å²) in [4.78, 5) is 0. The molecule has 0 N–H and O–H groups in total. The number of rotatable bonds is 4. The van der Waals surface area contributed by atoms with Crippen LogP contribution in [0.3, 0.4) is 0 Å². The van der Waals surface area contributed by atoms with Gasteiger partial charge >= 0.3 is 0 Å². The Bertz CT molecular complexity index is 540. The first kappa shape index (κ1) is 14.1. The van der Waals surface area contributed by atoms with Gasteiger partial charge in [-0.05, 0) is 48.2 Å². The Balaban J connectivity index is 2.13. The van der Waals surface area contributed by atoms with Crippen molar-refractivity contribution in [3.63, 3.8) is 0 Å². The van der Waals surface area contributed by atoms with E-state index in [9.17, 15) is 4.39 Å². The molecule has 0 spiro atoms. The highest BCUT2D eigenvalue weighted by molar-refractivity contribution is 9.08. The summed E-state index contributed by atoms with van der Waals surface area (Å²) in [7, 11) is 0. The fourth-order valence-corrected chi connectivity index (χ4v) is 2.40. The van der Waals surface area contributed by atoms with Gasteiger partial charge in [0.2, 0.25) is 0 Å². The molecule has 0 aliphatic heterocycles. The zero-order chi connectivity index (χ0) is 13.8. The molecule has 0 aliphatic rings. The molecule has 0 aromatic heterocycles. The van der Waals surface area contributed by atoms with E-state index in [0.29, 0.717) is 6.61 Å². The molecule has 0 radical (unpaired) electrons. The number of benzene rings is 2. The van der Waals surface area contributed by atoms with Crippen molar-refractivity contribution < 1.29 is 9.13 Å². The van der Waals surface area contributed by atoms with Gasteiger partial charge in [-0.15, -0.1) is 0 Å². The van der Waals surface area contributed by atoms with Crippen molar-refractivity contribution in [2.75, 3.05) is 0 Å². The molecule has 100 valence electrons. The van der Waals surface area contributed by atoms with Crippen molar-refractivity contribution in [3.05, 3.63) is 64.5 Å². The van der Waals surface area contributed by atoms with Crippen molar-refractivity contribution in [1.29, 1.82) is 0 Å². The number of alkyl halides is 1. The van der Waals surface area contributed by atoms with Gasteiger partial charge in [-0.1, -0.05) is 40.2 Å². The molecule has 0 heterocycles. The molecule has 0 aliphatic carbocycles. The van der Waals surface area contributed by atoms with Crippen molar-refractivity contribution in [3.8, 4) is 5.75 Å². The van der Waals surface area contributed by atoms with Gasteiger partial charge < -0.3 is 4.74 Å². The summed E-state index contributed by atoms with van der Waals surface area (Å²) in [6.07, 6.45) is 0. The van der Waals surface area contributed by atoms with Gasteiger partial charge in [0.05, 0.1) is 0 Å². The van der Waals surface area contributed by atoms with Crippen LogP contribution in [0.15, 0.2) is 36.4 Å². The summed E-state index contributed by atoms with van der Waals surface area (Å²) < 4.78 is 18.7. The second-order valence-electron chi connectivity index (χ2n) is 4.61. The predicted molar refractivity (Wildman–Crippen MR) is 79.3 cm³/mol. The molecule has 0 amide bonds. The van der Waals surface area contributed by atoms with Crippen LogP contribution in [0.25, 0.3) is 0 Å². The van der Waals surface area contributed by atoms with E-state index in [1.807, 2.05) is 13.8 Å². The van der Waals surface area contributed by atoms with Crippen LogP contribution >= 0.6 is 15.9 Å². The minimum absolute atomic E-state index is 0.224. The topological polar surface area (TPSA) is 9.23 Å². The molecule has 3 heteroatoms. The fraction of sp³-hybridized carbons (Fsp3) is 0.250. The van der Waals surface area contributed by atoms with Crippen LogP contribution in [0, 0.1) is 19.7 Å². The van der Waals surface area contributed by atoms with E-state index in [1.165, 1.54) is 17.7 Å². The third-order valence-electron chi connectivity index (χ3n) is 2.97. The molecule has 19 heavy (non-hydrogen) atoms. The van der Waals surface area contributed by atoms with E-state index in [2.05, 4.69) is 28.1 Å². The molecular formula is C16H16BrFO. The average molecular weight is 323 g/mol. The number of halogens is 2. The van der Waals surface area contributed by atoms with E-state index in [0.717, 1.165) is 27.8 Å². The minimum Gasteiger partial charge on any atom is -0.488 e. The van der Waals surface area contributed by atoms with Gasteiger partial charge in [-0.3, -0.25) is 0 Å². The standard InChI is InChI=1S/C16H16BrFO/c1-11-7-14(9-17)8-12(2)16(11)19-10-13-3-5-15(18)6-4-13/h3-8H,9-10H2,1-2H3. The summed E-state index contributed by atoms with van der Waals surface area (Å²) in [5.41, 5.74) is 4.45. The maximum absolute atomic E-state index is 12.8. The molecule has 0 saturated carbocycles. The number of hydrogen-bond donors (Lipinski definition) is 0. The lowest BCUT2D eigenvalue weighted by Crippen LogP contribution is -2.00. The first-order valence-electron chi connectivity index (χ1n) is 6.13. The molecule has 0 atom stereocenters. The Labute approximate surface area is 121 Å². The van der Waals surface area contributed by atoms with Gasteiger partial charge in [0.1, 0.15) is 18.2 Å². The second-order valence-corrected chi connectivity index (χ2v) is 5.17. The van der Waals surface area contributed by atoms with E-state index >= 15 is 0 Å². The van der Waals surface area contributed by atoms with Crippen molar-refractivity contribution >= 4 is 15.9 Å². The van der Waals surface area contributed by atoms with Crippen LogP contribution in [0.5, 0.6) is 5.75 Å². The van der Waals surface area contributed by atoms with Crippen molar-refractivity contribution in [2.45, 2.75) is 25.8 Å². The van der Waals surface area contributed by atoms with Gasteiger partial charge in [0.15, 0.2) is 0 Å². The second kappa shape index (κ2) is 6.20. The third-order valence-corrected chi connectivity index (χ3v) is 3.62. The Morgan fingerprint density at radius 3 is 2.11 bits per heavy atom. The number of hydrogen-bond acceptors (Lipinski definition) is 1. The highest BCUT2D eigenvalue weighted by Crippen LogP contribution is 2.26. The monoisotopic (exact) mass is 322 g/mol. The number of ether oxygens (including phenoxy) is 1. The predicted octanol–water partition coefficient (Wildman–Crippen LogP) is 4.92. The van der Waals surface area contributed by atoms with Crippen LogP contribution in [0.4, 0.5) is 4.39 Å². The smallest absolute Gasteiger partial charge is 0.125 e. The van der Waals surface area contributed by atoms with Gasteiger partial charge in [-0.25, -0.2) is 4.39 Å². The van der Waals surface area contributed by atoms with E-state index in [1.54, 1.807) is 12.1 Å². The van der Waals surface area contributed by atoms with E-state index < -0.39 is 0 Å². The first-order valence-corrected chi connectivity index (χ1v) is 7.25. The maximum Gasteiger partial charge on any atom is 0.125 e. The molecule has 0 unspecified atom stereocenters. The molecule has 1 nitrogen and oxygen atoms in total. The summed E-state index contributed by atoms with van der Waals surface area (Å²) in [5, 5.41) is 0.840. The molecule has 2 aromatic carbocycles. The maximum atomic E-state index is 12.8. The quantitative estimate of drug-likeness (QED) is 0.726. The first-order chi connectivity index (χ1) is 9.10.